The van der Waals surface area contributed by atoms with Gasteiger partial charge in [0.25, 0.3) is 0 Å². The van der Waals surface area contributed by atoms with Gasteiger partial charge >= 0.3 is 13.3 Å². The average Bonchev–Trinajstić information content (AvgIpc) is 3.24. The first-order valence-electron chi connectivity index (χ1n) is 10.4. The molecule has 168 valence electrons. The standard InChI is InChI=1S/C22H19BF5NO3/c24-20(25)8-6-13(7-9-20)21(14-4-5-17-12(10-14)11-32-23(17)31)15-2-1-3-16(22(26,27)28)18(15)29-19(21)30/h1-5,10,13,31H,6-9,11H2,(H,29,30). The minimum Gasteiger partial charge on any atom is -0.423 e. The second-order valence-electron chi connectivity index (χ2n) is 8.70. The van der Waals surface area contributed by atoms with Crippen LogP contribution in [0.15, 0.2) is 36.4 Å². The molecule has 2 aromatic carbocycles. The fraction of sp³-hybridized carbons (Fsp3) is 0.409. The van der Waals surface area contributed by atoms with E-state index in [2.05, 4.69) is 5.32 Å². The van der Waals surface area contributed by atoms with Gasteiger partial charge in [-0.1, -0.05) is 30.3 Å². The molecule has 2 aromatic rings. The van der Waals surface area contributed by atoms with Crippen molar-refractivity contribution in [3.05, 3.63) is 58.7 Å². The van der Waals surface area contributed by atoms with Crippen LogP contribution in [-0.4, -0.2) is 24.0 Å². The van der Waals surface area contributed by atoms with Crippen molar-refractivity contribution in [3.8, 4) is 0 Å². The number of hydrogen-bond acceptors (Lipinski definition) is 3. The normalized spacial score (nSPS) is 24.9. The third kappa shape index (κ3) is 3.07. The highest BCUT2D eigenvalue weighted by atomic mass is 19.4. The lowest BCUT2D eigenvalue weighted by atomic mass is 9.61. The lowest BCUT2D eigenvalue weighted by Crippen LogP contribution is -2.46. The van der Waals surface area contributed by atoms with E-state index in [4.69, 9.17) is 4.65 Å². The third-order valence-corrected chi connectivity index (χ3v) is 6.98. The fourth-order valence-electron chi connectivity index (χ4n) is 5.46. The molecular formula is C22H19BF5NO3. The Labute approximate surface area is 180 Å². The number of carbonyl (C=O) groups excluding carboxylic acids is 1. The molecule has 1 amide bonds. The molecule has 0 radical (unpaired) electrons. The Kier molecular flexibility index (Phi) is 4.69. The van der Waals surface area contributed by atoms with E-state index in [1.807, 2.05) is 0 Å². The van der Waals surface area contributed by atoms with Gasteiger partial charge in [-0.15, -0.1) is 0 Å². The molecule has 2 heterocycles. The van der Waals surface area contributed by atoms with Gasteiger partial charge in [0.15, 0.2) is 0 Å². The van der Waals surface area contributed by atoms with E-state index in [0.29, 0.717) is 16.6 Å². The molecule has 2 aliphatic heterocycles. The Bertz CT molecular complexity index is 1100. The molecule has 10 heteroatoms. The summed E-state index contributed by atoms with van der Waals surface area (Å²) in [6, 6.07) is 8.42. The van der Waals surface area contributed by atoms with Crippen LogP contribution in [0.3, 0.4) is 0 Å². The monoisotopic (exact) mass is 451 g/mol. The number of anilines is 1. The van der Waals surface area contributed by atoms with Crippen LogP contribution in [0.5, 0.6) is 0 Å². The topological polar surface area (TPSA) is 58.6 Å². The molecule has 0 saturated heterocycles. The summed E-state index contributed by atoms with van der Waals surface area (Å²) in [5.41, 5.74) is -1.14. The molecule has 1 unspecified atom stereocenters. The molecule has 0 aromatic heterocycles. The summed E-state index contributed by atoms with van der Waals surface area (Å²) in [5, 5.41) is 12.4. The van der Waals surface area contributed by atoms with Crippen LogP contribution < -0.4 is 10.8 Å². The number of nitrogens with one attached hydrogen (secondary N) is 1. The highest BCUT2D eigenvalue weighted by Gasteiger charge is 2.57. The first kappa shape index (κ1) is 21.4. The van der Waals surface area contributed by atoms with Crippen molar-refractivity contribution in [2.75, 3.05) is 5.32 Å². The summed E-state index contributed by atoms with van der Waals surface area (Å²) in [6.45, 7) is 0.0836. The Morgan fingerprint density at radius 3 is 2.53 bits per heavy atom. The van der Waals surface area contributed by atoms with E-state index in [0.717, 1.165) is 6.07 Å². The molecule has 1 saturated carbocycles. The van der Waals surface area contributed by atoms with Crippen LogP contribution in [-0.2, 0) is 27.6 Å². The number of para-hydroxylation sites is 1. The summed E-state index contributed by atoms with van der Waals surface area (Å²) in [5.74, 6) is -4.13. The second kappa shape index (κ2) is 7.02. The highest BCUT2D eigenvalue weighted by molar-refractivity contribution is 6.61. The largest absolute Gasteiger partial charge is 0.491 e. The summed E-state index contributed by atoms with van der Waals surface area (Å²) in [7, 11) is -1.12. The predicted molar refractivity (Wildman–Crippen MR) is 107 cm³/mol. The first-order valence-corrected chi connectivity index (χ1v) is 10.4. The Morgan fingerprint density at radius 1 is 1.12 bits per heavy atom. The molecule has 1 atom stereocenters. The molecule has 1 aliphatic carbocycles. The van der Waals surface area contributed by atoms with Crippen LogP contribution in [0.2, 0.25) is 0 Å². The molecule has 2 N–H and O–H groups in total. The number of rotatable bonds is 2. The fourth-order valence-corrected chi connectivity index (χ4v) is 5.46. The van der Waals surface area contributed by atoms with E-state index in [1.54, 1.807) is 18.2 Å². The second-order valence-corrected chi connectivity index (χ2v) is 8.70. The molecule has 1 fully saturated rings. The molecule has 3 aliphatic rings. The van der Waals surface area contributed by atoms with Gasteiger partial charge in [-0.3, -0.25) is 4.79 Å². The van der Waals surface area contributed by atoms with Gasteiger partial charge in [0.1, 0.15) is 5.41 Å². The van der Waals surface area contributed by atoms with Gasteiger partial charge in [-0.05, 0) is 47.0 Å². The Morgan fingerprint density at radius 2 is 1.84 bits per heavy atom. The van der Waals surface area contributed by atoms with Gasteiger partial charge in [0.2, 0.25) is 11.8 Å². The smallest absolute Gasteiger partial charge is 0.423 e. The van der Waals surface area contributed by atoms with Crippen LogP contribution in [0.4, 0.5) is 27.6 Å². The summed E-state index contributed by atoms with van der Waals surface area (Å²) in [6.07, 6.45) is -5.58. The molecule has 5 rings (SSSR count). The van der Waals surface area contributed by atoms with Crippen molar-refractivity contribution in [2.24, 2.45) is 5.92 Å². The van der Waals surface area contributed by atoms with Crippen molar-refractivity contribution < 1.29 is 36.4 Å². The summed E-state index contributed by atoms with van der Waals surface area (Å²) >= 11 is 0. The molecule has 0 spiro atoms. The molecular weight excluding hydrogens is 432 g/mol. The summed E-state index contributed by atoms with van der Waals surface area (Å²) in [4.78, 5) is 13.5. The Hall–Kier alpha value is -2.46. The van der Waals surface area contributed by atoms with Crippen molar-refractivity contribution in [1.82, 2.24) is 0 Å². The van der Waals surface area contributed by atoms with Crippen LogP contribution in [0.25, 0.3) is 0 Å². The zero-order chi connectivity index (χ0) is 22.9. The quantitative estimate of drug-likeness (QED) is 0.537. The number of carbonyl (C=O) groups is 1. The molecule has 0 bridgehead atoms. The first-order chi connectivity index (χ1) is 15.0. The molecule has 4 nitrogen and oxygen atoms in total. The minimum absolute atomic E-state index is 0.00762. The lowest BCUT2D eigenvalue weighted by molar-refractivity contribution is -0.136. The van der Waals surface area contributed by atoms with E-state index < -0.39 is 54.9 Å². The van der Waals surface area contributed by atoms with Gasteiger partial charge < -0.3 is 15.0 Å². The maximum atomic E-state index is 13.9. The van der Waals surface area contributed by atoms with E-state index in [9.17, 15) is 31.8 Å². The number of halogens is 5. The summed E-state index contributed by atoms with van der Waals surface area (Å²) < 4.78 is 74.2. The van der Waals surface area contributed by atoms with Gasteiger partial charge in [-0.2, -0.15) is 13.2 Å². The maximum absolute atomic E-state index is 13.9. The maximum Gasteiger partial charge on any atom is 0.491 e. The van der Waals surface area contributed by atoms with Crippen LogP contribution in [0.1, 0.15) is 47.9 Å². The van der Waals surface area contributed by atoms with E-state index >= 15 is 0 Å². The Balaban J connectivity index is 1.73. The van der Waals surface area contributed by atoms with Crippen LogP contribution >= 0.6 is 0 Å². The lowest BCUT2D eigenvalue weighted by Gasteiger charge is -2.41. The number of alkyl halides is 5. The van der Waals surface area contributed by atoms with Crippen molar-refractivity contribution in [3.63, 3.8) is 0 Å². The minimum atomic E-state index is -4.69. The number of benzene rings is 2. The average molecular weight is 451 g/mol. The van der Waals surface area contributed by atoms with Gasteiger partial charge in [0.05, 0.1) is 17.9 Å². The van der Waals surface area contributed by atoms with Gasteiger partial charge in [-0.25, -0.2) is 8.78 Å². The van der Waals surface area contributed by atoms with Crippen molar-refractivity contribution in [1.29, 1.82) is 0 Å². The number of fused-ring (bicyclic) bond motifs is 2. The van der Waals surface area contributed by atoms with Crippen molar-refractivity contribution >= 4 is 24.2 Å². The predicted octanol–water partition coefficient (Wildman–Crippen LogP) is 3.99. The number of hydrogen-bond donors (Lipinski definition) is 2. The highest BCUT2D eigenvalue weighted by Crippen LogP contribution is 2.55. The van der Waals surface area contributed by atoms with Crippen molar-refractivity contribution in [2.45, 2.75) is 49.8 Å². The molecule has 32 heavy (non-hydrogen) atoms. The van der Waals surface area contributed by atoms with Crippen LogP contribution in [0, 0.1) is 5.92 Å². The number of amides is 1. The third-order valence-electron chi connectivity index (χ3n) is 6.98. The van der Waals surface area contributed by atoms with Gasteiger partial charge in [0, 0.05) is 12.8 Å². The zero-order valence-electron chi connectivity index (χ0n) is 16.8. The zero-order valence-corrected chi connectivity index (χ0v) is 16.8. The van der Waals surface area contributed by atoms with E-state index in [-0.39, 0.29) is 30.7 Å². The van der Waals surface area contributed by atoms with E-state index in [1.165, 1.54) is 12.1 Å². The SMILES string of the molecule is O=C1Nc2c(C(F)(F)F)cccc2C1(c1ccc2c(c1)COB2O)C1CCC(F)(F)CC1.